The van der Waals surface area contributed by atoms with E-state index in [0.29, 0.717) is 0 Å². The molecule has 5 heteroatoms. The van der Waals surface area contributed by atoms with Gasteiger partial charge in [0.25, 0.3) is 0 Å². The summed E-state index contributed by atoms with van der Waals surface area (Å²) >= 11 is 0. The lowest BCUT2D eigenvalue weighted by Crippen LogP contribution is -2.46. The third-order valence-corrected chi connectivity index (χ3v) is 3.71. The molecule has 1 fully saturated rings. The molecule has 1 aliphatic rings. The Hall–Kier alpha value is -1.88. The van der Waals surface area contributed by atoms with Gasteiger partial charge < -0.3 is 9.32 Å². The number of hydrogen-bond acceptors (Lipinski definition) is 5. The molecule has 0 aromatic carbocycles. The van der Waals surface area contributed by atoms with Gasteiger partial charge >= 0.3 is 0 Å². The molecular formula is C15H20N4O. The molecule has 2 aromatic heterocycles. The maximum absolute atomic E-state index is 5.25. The second-order valence-corrected chi connectivity index (χ2v) is 5.26. The molecule has 3 rings (SSSR count). The molecule has 0 spiro atoms. The molecule has 0 amide bonds. The Bertz CT molecular complexity index is 573. The second-order valence-electron chi connectivity index (χ2n) is 5.26. The molecule has 1 aliphatic heterocycles. The molecule has 1 saturated heterocycles. The molecule has 3 heterocycles. The van der Waals surface area contributed by atoms with Crippen LogP contribution in [0, 0.1) is 13.8 Å². The lowest BCUT2D eigenvalue weighted by Gasteiger charge is -2.35. The number of aryl methyl sites for hydroxylation is 2. The first-order chi connectivity index (χ1) is 9.72. The van der Waals surface area contributed by atoms with E-state index in [2.05, 4.69) is 32.8 Å². The number of aromatic nitrogens is 2. The van der Waals surface area contributed by atoms with Gasteiger partial charge in [-0.25, -0.2) is 9.97 Å². The summed E-state index contributed by atoms with van der Waals surface area (Å²) in [5, 5.41) is 0. The normalized spacial score (nSPS) is 16.6. The molecule has 20 heavy (non-hydrogen) atoms. The van der Waals surface area contributed by atoms with Gasteiger partial charge in [-0.15, -0.1) is 0 Å². The monoisotopic (exact) mass is 272 g/mol. The molecule has 0 unspecified atom stereocenters. The summed E-state index contributed by atoms with van der Waals surface area (Å²) in [5.41, 5.74) is 2.26. The van der Waals surface area contributed by atoms with E-state index in [9.17, 15) is 0 Å². The van der Waals surface area contributed by atoms with Gasteiger partial charge in [-0.05, 0) is 18.6 Å². The van der Waals surface area contributed by atoms with Gasteiger partial charge in [0, 0.05) is 45.8 Å². The van der Waals surface area contributed by atoms with Crippen LogP contribution in [-0.2, 0) is 6.54 Å². The lowest BCUT2D eigenvalue weighted by atomic mass is 10.2. The number of anilines is 1. The predicted molar refractivity (Wildman–Crippen MR) is 77.7 cm³/mol. The van der Waals surface area contributed by atoms with Crippen molar-refractivity contribution >= 4 is 5.82 Å². The molecule has 2 aromatic rings. The van der Waals surface area contributed by atoms with Crippen molar-refractivity contribution in [3.8, 4) is 0 Å². The molecule has 0 radical (unpaired) electrons. The highest BCUT2D eigenvalue weighted by Gasteiger charge is 2.19. The topological polar surface area (TPSA) is 45.4 Å². The summed E-state index contributed by atoms with van der Waals surface area (Å²) < 4.78 is 5.25. The van der Waals surface area contributed by atoms with Crippen LogP contribution in [0.2, 0.25) is 0 Å². The molecule has 0 saturated carbocycles. The maximum Gasteiger partial charge on any atom is 0.191 e. The number of piperazine rings is 1. The van der Waals surface area contributed by atoms with Crippen LogP contribution in [0.4, 0.5) is 5.82 Å². The summed E-state index contributed by atoms with van der Waals surface area (Å²) in [4.78, 5) is 13.6. The molecule has 0 aliphatic carbocycles. The van der Waals surface area contributed by atoms with Gasteiger partial charge in [-0.2, -0.15) is 0 Å². The van der Waals surface area contributed by atoms with Crippen LogP contribution in [0.3, 0.4) is 0 Å². The van der Waals surface area contributed by atoms with Gasteiger partial charge in [-0.1, -0.05) is 6.07 Å². The minimum Gasteiger partial charge on any atom is -0.449 e. The smallest absolute Gasteiger partial charge is 0.191 e. The Kier molecular flexibility index (Phi) is 3.69. The second kappa shape index (κ2) is 5.63. The molecule has 106 valence electrons. The third kappa shape index (κ3) is 2.82. The van der Waals surface area contributed by atoms with E-state index in [-0.39, 0.29) is 0 Å². The third-order valence-electron chi connectivity index (χ3n) is 3.71. The van der Waals surface area contributed by atoms with E-state index in [1.165, 1.54) is 5.56 Å². The van der Waals surface area contributed by atoms with Gasteiger partial charge in [0.05, 0.1) is 5.69 Å². The Balaban J connectivity index is 1.58. The van der Waals surface area contributed by atoms with Crippen molar-refractivity contribution < 1.29 is 4.42 Å². The van der Waals surface area contributed by atoms with E-state index in [0.717, 1.165) is 50.1 Å². The average molecular weight is 272 g/mol. The summed E-state index contributed by atoms with van der Waals surface area (Å²) in [7, 11) is 0. The molecule has 5 nitrogen and oxygen atoms in total. The van der Waals surface area contributed by atoms with E-state index in [1.807, 2.05) is 19.2 Å². The van der Waals surface area contributed by atoms with Gasteiger partial charge in [0.2, 0.25) is 0 Å². The Morgan fingerprint density at radius 2 is 2.00 bits per heavy atom. The average Bonchev–Trinajstić information content (AvgIpc) is 2.86. The number of oxazole rings is 1. The van der Waals surface area contributed by atoms with Crippen molar-refractivity contribution in [1.29, 1.82) is 0 Å². The van der Waals surface area contributed by atoms with Crippen LogP contribution in [0.15, 0.2) is 29.0 Å². The van der Waals surface area contributed by atoms with E-state index in [4.69, 9.17) is 4.42 Å². The van der Waals surface area contributed by atoms with Crippen molar-refractivity contribution in [1.82, 2.24) is 14.9 Å². The van der Waals surface area contributed by atoms with Crippen LogP contribution >= 0.6 is 0 Å². The first-order valence-electron chi connectivity index (χ1n) is 7.02. The summed E-state index contributed by atoms with van der Waals surface area (Å²) in [5.74, 6) is 1.85. The lowest BCUT2D eigenvalue weighted by molar-refractivity contribution is 0.246. The number of pyridine rings is 1. The van der Waals surface area contributed by atoms with Gasteiger partial charge in [0.15, 0.2) is 5.89 Å². The van der Waals surface area contributed by atoms with Crippen LogP contribution in [0.5, 0.6) is 0 Å². The van der Waals surface area contributed by atoms with Gasteiger partial charge in [0.1, 0.15) is 12.1 Å². The van der Waals surface area contributed by atoms with Crippen molar-refractivity contribution in [2.24, 2.45) is 0 Å². The highest BCUT2D eigenvalue weighted by atomic mass is 16.3. The predicted octanol–water partition coefficient (Wildman–Crippen LogP) is 2.01. The Morgan fingerprint density at radius 3 is 2.65 bits per heavy atom. The van der Waals surface area contributed by atoms with Crippen LogP contribution in [0.25, 0.3) is 0 Å². The SMILES string of the molecule is Cc1nc(CN2CCN(c3ncccc3C)CC2)co1. The fourth-order valence-electron chi connectivity index (χ4n) is 2.64. The zero-order valence-electron chi connectivity index (χ0n) is 12.0. The van der Waals surface area contributed by atoms with E-state index in [1.54, 1.807) is 6.26 Å². The number of hydrogen-bond donors (Lipinski definition) is 0. The minimum absolute atomic E-state index is 0.739. The zero-order chi connectivity index (χ0) is 13.9. The van der Waals surface area contributed by atoms with E-state index < -0.39 is 0 Å². The first-order valence-corrected chi connectivity index (χ1v) is 7.02. The molecule has 0 bridgehead atoms. The van der Waals surface area contributed by atoms with Crippen LogP contribution < -0.4 is 4.90 Å². The largest absolute Gasteiger partial charge is 0.449 e. The molecule has 0 atom stereocenters. The number of rotatable bonds is 3. The van der Waals surface area contributed by atoms with Crippen LogP contribution in [-0.4, -0.2) is 41.0 Å². The van der Waals surface area contributed by atoms with E-state index >= 15 is 0 Å². The summed E-state index contributed by atoms with van der Waals surface area (Å²) in [6, 6.07) is 4.11. The van der Waals surface area contributed by atoms with Gasteiger partial charge in [-0.3, -0.25) is 4.90 Å². The number of nitrogens with zero attached hydrogens (tertiary/aromatic N) is 4. The van der Waals surface area contributed by atoms with Crippen molar-refractivity contribution in [2.45, 2.75) is 20.4 Å². The minimum atomic E-state index is 0.739. The first kappa shape index (κ1) is 13.1. The fourth-order valence-corrected chi connectivity index (χ4v) is 2.64. The van der Waals surface area contributed by atoms with Crippen molar-refractivity contribution in [3.63, 3.8) is 0 Å². The molecule has 0 N–H and O–H groups in total. The molecular weight excluding hydrogens is 252 g/mol. The van der Waals surface area contributed by atoms with Crippen molar-refractivity contribution in [2.75, 3.05) is 31.1 Å². The summed E-state index contributed by atoms with van der Waals surface area (Å²) in [6.45, 7) is 8.94. The zero-order valence-corrected chi connectivity index (χ0v) is 12.0. The summed E-state index contributed by atoms with van der Waals surface area (Å²) in [6.07, 6.45) is 3.62. The highest BCUT2D eigenvalue weighted by molar-refractivity contribution is 5.46. The Labute approximate surface area is 119 Å². The standard InChI is InChI=1S/C15H20N4O/c1-12-4-3-5-16-15(12)19-8-6-18(7-9-19)10-14-11-20-13(2)17-14/h3-5,11H,6-10H2,1-2H3. The maximum atomic E-state index is 5.25. The highest BCUT2D eigenvalue weighted by Crippen LogP contribution is 2.18. The fraction of sp³-hybridized carbons (Fsp3) is 0.467. The van der Waals surface area contributed by atoms with Crippen LogP contribution in [0.1, 0.15) is 17.1 Å². The quantitative estimate of drug-likeness (QED) is 0.855. The Morgan fingerprint density at radius 1 is 1.20 bits per heavy atom. The van der Waals surface area contributed by atoms with Crippen molar-refractivity contribution in [3.05, 3.63) is 41.7 Å².